The third kappa shape index (κ3) is 20.6. The van der Waals surface area contributed by atoms with Crippen LogP contribution < -0.4 is 42.5 Å². The molecule has 10 aromatic rings. The Hall–Kier alpha value is -6.00. The van der Waals surface area contributed by atoms with Crippen molar-refractivity contribution in [1.82, 2.24) is 75.6 Å². The maximum atomic E-state index is 4.67. The van der Waals surface area contributed by atoms with E-state index in [0.717, 1.165) is 88.7 Å². The van der Waals surface area contributed by atoms with E-state index >= 15 is 0 Å². The maximum Gasteiger partial charge on any atom is 0.138 e. The van der Waals surface area contributed by atoms with E-state index in [9.17, 15) is 0 Å². The minimum Gasteiger partial charge on any atom is -0.367 e. The van der Waals surface area contributed by atoms with E-state index in [1.807, 2.05) is 56.7 Å². The molecule has 10 aliphatic rings. The topological polar surface area (TPSA) is 232 Å². The molecule has 3 unspecified atom stereocenters. The van der Waals surface area contributed by atoms with Crippen LogP contribution in [0.3, 0.4) is 0 Å². The lowest BCUT2D eigenvalue weighted by atomic mass is 9.75. The highest BCUT2D eigenvalue weighted by Gasteiger charge is 2.39. The molecule has 122 heavy (non-hydrogen) atoms. The number of hydrogen-bond donors (Lipinski definition) is 8. The minimum absolute atomic E-state index is 0.234. The summed E-state index contributed by atoms with van der Waals surface area (Å²) in [6, 6.07) is 4.92. The minimum atomic E-state index is 0.234. The normalized spacial score (nSPS) is 26.6. The van der Waals surface area contributed by atoms with Crippen molar-refractivity contribution >= 4 is 137 Å². The fourth-order valence-electron chi connectivity index (χ4n) is 22.6. The Morgan fingerprint density at radius 3 is 1.06 bits per heavy atom. The van der Waals surface area contributed by atoms with E-state index in [2.05, 4.69) is 200 Å². The molecule has 0 spiro atoms. The van der Waals surface area contributed by atoms with Crippen LogP contribution in [0.5, 0.6) is 0 Å². The molecule has 25 heteroatoms. The van der Waals surface area contributed by atoms with Gasteiger partial charge in [-0.05, 0) is 349 Å². The predicted molar refractivity (Wildman–Crippen MR) is 519 cm³/mol. The maximum absolute atomic E-state index is 4.67. The molecular weight excluding hydrogens is 1610 g/mol. The van der Waals surface area contributed by atoms with Gasteiger partial charge in [-0.25, -0.2) is 49.8 Å². The van der Waals surface area contributed by atoms with Gasteiger partial charge in [-0.15, -0.1) is 56.7 Å². The molecule has 0 saturated heterocycles. The highest BCUT2D eigenvalue weighted by molar-refractivity contribution is 7.20. The van der Waals surface area contributed by atoms with E-state index in [-0.39, 0.29) is 10.8 Å². The van der Waals surface area contributed by atoms with Crippen molar-refractivity contribution < 1.29 is 0 Å². The molecule has 10 heterocycles. The number of aryl methyl sites for hydroxylation is 5. The van der Waals surface area contributed by atoms with Crippen LogP contribution in [-0.4, -0.2) is 170 Å². The van der Waals surface area contributed by atoms with E-state index in [1.54, 1.807) is 46.3 Å². The first-order chi connectivity index (χ1) is 59.2. The van der Waals surface area contributed by atoms with Gasteiger partial charge in [0.25, 0.3) is 0 Å². The summed E-state index contributed by atoms with van der Waals surface area (Å²) in [6.45, 7) is 18.8. The summed E-state index contributed by atoms with van der Waals surface area (Å²) < 4.78 is 0. The number of thiophene rings is 5. The third-order valence-corrected chi connectivity index (χ3v) is 36.0. The summed E-state index contributed by atoms with van der Waals surface area (Å²) >= 11 is 9.44. The Bertz CT molecular complexity index is 5070. The number of nitrogens with one attached hydrogen (secondary N) is 8. The number of anilines is 5. The Morgan fingerprint density at radius 2 is 0.672 bits per heavy atom. The lowest BCUT2D eigenvalue weighted by Gasteiger charge is -2.33. The Morgan fingerprint density at radius 1 is 0.336 bits per heavy atom. The van der Waals surface area contributed by atoms with Gasteiger partial charge in [0.15, 0.2) is 0 Å². The van der Waals surface area contributed by atoms with Gasteiger partial charge in [0.2, 0.25) is 0 Å². The SMILES string of the molecule is CC1CCc2sc3ncnc(NC4CCC(N(C)C)CC4)c3c2C1.CCC1CCc2c(sc3ncnc(NC4CCC(N(C)C)CC4)c23)C1.CCC1CCc2c(sc3ncnc(NC4CCC(NC)CC4)c23)C1.CNCC1CCC(Nc2ncnc3sc4c(c23)C(C)(C)CC4)CC1.CNCC1CCC(Nc2ncnc3sc4c(c23)C(C)(C)CCC4)CC1. The zero-order valence-electron chi connectivity index (χ0n) is 76.2. The van der Waals surface area contributed by atoms with E-state index in [1.165, 1.54) is 315 Å². The van der Waals surface area contributed by atoms with Crippen LogP contribution in [0.15, 0.2) is 31.6 Å². The molecule has 8 N–H and O–H groups in total. The van der Waals surface area contributed by atoms with Gasteiger partial charge >= 0.3 is 0 Å². The molecule has 0 bridgehead atoms. The summed E-state index contributed by atoms with van der Waals surface area (Å²) in [5, 5.41) is 35.5. The first kappa shape index (κ1) is 89.4. The lowest BCUT2D eigenvalue weighted by Crippen LogP contribution is -2.36. The molecule has 0 amide bonds. The molecule has 5 saturated carbocycles. The van der Waals surface area contributed by atoms with E-state index in [0.29, 0.717) is 36.3 Å². The average molecular weight is 1750 g/mol. The van der Waals surface area contributed by atoms with Gasteiger partial charge < -0.3 is 52.3 Å². The van der Waals surface area contributed by atoms with Gasteiger partial charge in [-0.2, -0.15) is 0 Å². The molecule has 3 atom stereocenters. The number of nitrogens with zero attached hydrogens (tertiary/aromatic N) is 12. The quantitative estimate of drug-likeness (QED) is 0.0376. The van der Waals surface area contributed by atoms with Crippen LogP contribution >= 0.6 is 56.7 Å². The van der Waals surface area contributed by atoms with Gasteiger partial charge in [0.05, 0.1) is 26.9 Å². The van der Waals surface area contributed by atoms with Crippen molar-refractivity contribution in [3.05, 3.63) is 83.8 Å². The number of hydrogen-bond acceptors (Lipinski definition) is 25. The van der Waals surface area contributed by atoms with Crippen molar-refractivity contribution in [3.63, 3.8) is 0 Å². The monoisotopic (exact) mass is 1750 g/mol. The molecule has 5 fully saturated rings. The molecule has 0 aromatic carbocycles. The molecular formula is C97H144N20S5. The van der Waals surface area contributed by atoms with Crippen molar-refractivity contribution in [2.24, 2.45) is 29.6 Å². The summed E-state index contributed by atoms with van der Waals surface area (Å²) in [5.41, 5.74) is 8.11. The van der Waals surface area contributed by atoms with Gasteiger partial charge in [0, 0.05) is 72.7 Å². The zero-order valence-corrected chi connectivity index (χ0v) is 80.3. The highest BCUT2D eigenvalue weighted by Crippen LogP contribution is 2.51. The molecule has 10 aromatic heterocycles. The second-order valence-corrected chi connectivity index (χ2v) is 45.3. The summed E-state index contributed by atoms with van der Waals surface area (Å²) in [5.74, 6) is 9.56. The van der Waals surface area contributed by atoms with Crippen LogP contribution in [0.2, 0.25) is 0 Å². The van der Waals surface area contributed by atoms with Crippen molar-refractivity contribution in [1.29, 1.82) is 0 Å². The first-order valence-corrected chi connectivity index (χ1v) is 51.7. The summed E-state index contributed by atoms with van der Waals surface area (Å²) in [7, 11) is 15.0. The highest BCUT2D eigenvalue weighted by atomic mass is 32.1. The largest absolute Gasteiger partial charge is 0.367 e. The molecule has 20 nitrogen and oxygen atoms in total. The van der Waals surface area contributed by atoms with Crippen molar-refractivity contribution in [2.75, 3.05) is 89.0 Å². The molecule has 20 rings (SSSR count). The summed E-state index contributed by atoms with van der Waals surface area (Å²) in [4.78, 5) is 64.4. The smallest absolute Gasteiger partial charge is 0.138 e. The van der Waals surface area contributed by atoms with Crippen LogP contribution in [0, 0.1) is 29.6 Å². The molecule has 662 valence electrons. The molecule has 0 radical (unpaired) electrons. The van der Waals surface area contributed by atoms with Gasteiger partial charge in [0.1, 0.15) is 84.9 Å². The van der Waals surface area contributed by atoms with Crippen molar-refractivity contribution in [2.45, 2.75) is 339 Å². The van der Waals surface area contributed by atoms with Crippen molar-refractivity contribution in [3.8, 4) is 0 Å². The molecule has 10 aliphatic carbocycles. The Labute approximate surface area is 748 Å². The fourth-order valence-corrected chi connectivity index (χ4v) is 29.0. The van der Waals surface area contributed by atoms with Crippen LogP contribution in [0.4, 0.5) is 29.1 Å². The van der Waals surface area contributed by atoms with Gasteiger partial charge in [-0.3, -0.25) is 0 Å². The Kier molecular flexibility index (Phi) is 29.7. The fraction of sp³-hybridized carbons (Fsp3) is 0.691. The Balaban J connectivity index is 0.000000113. The zero-order chi connectivity index (χ0) is 84.8. The van der Waals surface area contributed by atoms with Crippen LogP contribution in [-0.2, 0) is 62.2 Å². The number of rotatable bonds is 19. The first-order valence-electron chi connectivity index (χ1n) is 47.6. The third-order valence-electron chi connectivity index (χ3n) is 30.2. The van der Waals surface area contributed by atoms with E-state index in [4.69, 9.17) is 0 Å². The van der Waals surface area contributed by atoms with Crippen LogP contribution in [0.25, 0.3) is 51.1 Å². The predicted octanol–water partition coefficient (Wildman–Crippen LogP) is 21.3. The van der Waals surface area contributed by atoms with E-state index < -0.39 is 0 Å². The van der Waals surface area contributed by atoms with Gasteiger partial charge in [-0.1, -0.05) is 61.3 Å². The number of aromatic nitrogens is 10. The second-order valence-electron chi connectivity index (χ2n) is 39.9. The number of fused-ring (bicyclic) bond motifs is 15. The second kappa shape index (κ2) is 40.5. The average Bonchev–Trinajstić information content (AvgIpc) is 1.60. The van der Waals surface area contributed by atoms with Crippen LogP contribution in [0.1, 0.15) is 280 Å². The standard InChI is InChI=1S/2C20H30N4S.3C19H28N4S/c1-20(2)10-4-5-15-17(20)16-18(22-12-23-19(16)25-15)24-14-8-6-13(7-9-14)11-21-3;1-4-13-5-10-16-17(11-13)25-20-18(16)19(21-12-22-20)23-14-6-8-15(9-7-14)24(2)3;1-12-4-9-16-15(10-12)17-18(20-11-21-19(17)24-16)22-13-5-7-14(8-6-13)23(2)3;1-19(2)9-8-14-16(19)15-17(21-11-22-18(15)24-14)23-13-6-4-12(5-7-13)10-20-3;1-3-12-4-9-15-16(10-12)24-19-17(15)18(21-11-22-19)23-14-7-5-13(20-2)6-8-14/h12-14,21H,4-11H2,1-3H3,(H,22,23,24);12-15H,4-11H2,1-3H3,(H,21,22,23);11-14H,4-10H2,1-3H3,(H,20,21,22);11-13,20H,4-10H2,1-3H3,(H,21,22,23);11-14,20H,3-10H2,1-2H3,(H,21,22,23). The molecule has 0 aliphatic heterocycles. The summed E-state index contributed by atoms with van der Waals surface area (Å²) in [6.07, 6.45) is 53.9. The lowest BCUT2D eigenvalue weighted by molar-refractivity contribution is 0.221.